The normalized spacial score (nSPS) is 9.03. The van der Waals surface area contributed by atoms with Crippen molar-refractivity contribution in [2.24, 2.45) is 0 Å². The molecule has 0 aliphatic rings. The molecule has 188 valence electrons. The number of carboxylic acids is 2. The Kier molecular flexibility index (Phi) is 39.3. The van der Waals surface area contributed by atoms with E-state index in [4.69, 9.17) is 0 Å². The Hall–Kier alpha value is -1.04. The number of hydrogen-bond acceptors (Lipinski definition) is 4. The summed E-state index contributed by atoms with van der Waals surface area (Å²) < 4.78 is 0. The number of aliphatic carboxylic acids is 1. The average Bonchev–Trinajstić information content (AvgIpc) is 2.80. The molecule has 0 aliphatic heterocycles. The second-order valence-corrected chi connectivity index (χ2v) is 7.69. The van der Waals surface area contributed by atoms with Crippen LogP contribution in [0.15, 0.2) is 24.3 Å². The van der Waals surface area contributed by atoms with Gasteiger partial charge in [-0.05, 0) is 42.9 Å². The van der Waals surface area contributed by atoms with Crippen LogP contribution in [0.3, 0.4) is 0 Å². The van der Waals surface area contributed by atoms with Crippen molar-refractivity contribution in [2.45, 2.75) is 118 Å². The minimum absolute atomic E-state index is 0. The van der Waals surface area contributed by atoms with Gasteiger partial charge in [-0.15, -0.1) is 0 Å². The van der Waals surface area contributed by atoms with Crippen LogP contribution in [0.1, 0.15) is 127 Å². The van der Waals surface area contributed by atoms with E-state index in [0.717, 1.165) is 50.5 Å². The molecule has 0 heterocycles. The molecule has 0 spiro atoms. The maximum absolute atomic E-state index is 10.5. The third kappa shape index (κ3) is 35.7. The van der Waals surface area contributed by atoms with Gasteiger partial charge in [0, 0.05) is 5.97 Å². The van der Waals surface area contributed by atoms with Crippen LogP contribution >= 0.6 is 0 Å². The van der Waals surface area contributed by atoms with E-state index in [9.17, 15) is 19.8 Å². The zero-order chi connectivity index (χ0) is 25.0. The van der Waals surface area contributed by atoms with E-state index < -0.39 is 11.9 Å². The number of hydrogen-bond donors (Lipinski definition) is 0. The van der Waals surface area contributed by atoms with E-state index in [1.54, 1.807) is 18.2 Å². The van der Waals surface area contributed by atoms with Gasteiger partial charge in [-0.3, -0.25) is 0 Å². The summed E-state index contributed by atoms with van der Waals surface area (Å²) in [5.74, 6) is -2.01. The van der Waals surface area contributed by atoms with Gasteiger partial charge in [0.15, 0.2) is 0 Å². The van der Waals surface area contributed by atoms with E-state index in [2.05, 4.69) is 41.5 Å². The van der Waals surface area contributed by atoms with Crippen LogP contribution in [-0.2, 0) is 11.2 Å². The molecule has 0 N–H and O–H groups in total. The predicted molar refractivity (Wildman–Crippen MR) is 139 cm³/mol. The molecule has 4 radical (unpaired) electrons. The smallest absolute Gasteiger partial charge is 0.550 e. The molecular weight excluding hydrogens is 519 g/mol. The summed E-state index contributed by atoms with van der Waals surface area (Å²) in [5, 5.41) is 20.5. The van der Waals surface area contributed by atoms with Crippen molar-refractivity contribution in [2.75, 3.05) is 0 Å². The van der Waals surface area contributed by atoms with Gasteiger partial charge in [0.05, 0.1) is 5.97 Å². The fourth-order valence-electron chi connectivity index (χ4n) is 2.28. The fourth-order valence-corrected chi connectivity index (χ4v) is 2.28. The SMILES string of the molecule is CCCCCCCCC(=O)[O-].CCCCc1cccc(C(=O)[O-])c1.[CH2]CCC.[CH2]CCC.[Sn+2]. The second-order valence-electron chi connectivity index (χ2n) is 7.69. The minimum atomic E-state index is -1.10. The van der Waals surface area contributed by atoms with Crippen LogP contribution in [0.2, 0.25) is 0 Å². The molecule has 0 fully saturated rings. The van der Waals surface area contributed by atoms with E-state index in [-0.39, 0.29) is 35.9 Å². The Morgan fingerprint density at radius 3 is 1.67 bits per heavy atom. The third-order valence-corrected chi connectivity index (χ3v) is 4.42. The van der Waals surface area contributed by atoms with Crippen LogP contribution in [-0.4, -0.2) is 35.8 Å². The zero-order valence-electron chi connectivity index (χ0n) is 21.8. The average molecular weight is 567 g/mol. The first-order valence-corrected chi connectivity index (χ1v) is 12.4. The van der Waals surface area contributed by atoms with Crippen LogP contribution < -0.4 is 10.2 Å². The number of carbonyl (C=O) groups is 2. The number of rotatable bonds is 13. The molecule has 1 aromatic rings. The molecule has 5 heteroatoms. The zero-order valence-corrected chi connectivity index (χ0v) is 24.6. The summed E-state index contributed by atoms with van der Waals surface area (Å²) in [6.07, 6.45) is 14.7. The summed E-state index contributed by atoms with van der Waals surface area (Å²) in [7, 11) is 0. The second kappa shape index (κ2) is 33.1. The molecule has 0 saturated heterocycles. The van der Waals surface area contributed by atoms with E-state index >= 15 is 0 Å². The number of carbonyl (C=O) groups excluding carboxylic acids is 2. The van der Waals surface area contributed by atoms with Gasteiger partial charge in [0.2, 0.25) is 0 Å². The summed E-state index contributed by atoms with van der Waals surface area (Å²) in [4.78, 5) is 20.5. The summed E-state index contributed by atoms with van der Waals surface area (Å²) in [6.45, 7) is 15.7. The van der Waals surface area contributed by atoms with Crippen LogP contribution in [0, 0.1) is 13.8 Å². The molecule has 0 unspecified atom stereocenters. The number of benzene rings is 1. The molecule has 0 aromatic heterocycles. The Bertz CT molecular complexity index is 524. The first-order chi connectivity index (χ1) is 15.3. The third-order valence-electron chi connectivity index (χ3n) is 4.42. The first kappa shape index (κ1) is 39.2. The molecule has 0 bridgehead atoms. The Morgan fingerprint density at radius 1 is 0.758 bits per heavy atom. The number of aromatic carboxylic acids is 1. The van der Waals surface area contributed by atoms with Crippen LogP contribution in [0.5, 0.6) is 0 Å². The van der Waals surface area contributed by atoms with Gasteiger partial charge in [0.1, 0.15) is 0 Å². The molecule has 0 aliphatic carbocycles. The van der Waals surface area contributed by atoms with Crippen molar-refractivity contribution in [1.82, 2.24) is 0 Å². The molecule has 1 rings (SSSR count). The van der Waals surface area contributed by atoms with Crippen molar-refractivity contribution in [3.63, 3.8) is 0 Å². The van der Waals surface area contributed by atoms with Crippen LogP contribution in [0.4, 0.5) is 0 Å². The van der Waals surface area contributed by atoms with Crippen molar-refractivity contribution in [1.29, 1.82) is 0 Å². The summed E-state index contributed by atoms with van der Waals surface area (Å²) in [5.41, 5.74) is 1.34. The topological polar surface area (TPSA) is 80.3 Å². The monoisotopic (exact) mass is 568 g/mol. The first-order valence-electron chi connectivity index (χ1n) is 12.4. The fraction of sp³-hybridized carbons (Fsp3) is 0.643. The molecule has 0 amide bonds. The summed E-state index contributed by atoms with van der Waals surface area (Å²) in [6, 6.07) is 6.95. The van der Waals surface area contributed by atoms with Gasteiger partial charge in [-0.2, -0.15) is 0 Å². The van der Waals surface area contributed by atoms with Crippen LogP contribution in [0.25, 0.3) is 0 Å². The van der Waals surface area contributed by atoms with Crippen molar-refractivity contribution >= 4 is 35.8 Å². The molecule has 0 saturated carbocycles. The van der Waals surface area contributed by atoms with E-state index in [1.165, 1.54) is 38.5 Å². The Labute approximate surface area is 221 Å². The molecule has 4 nitrogen and oxygen atoms in total. The molecule has 1 aromatic carbocycles. The molecular formula is C28H48O4Sn. The van der Waals surface area contributed by atoms with Gasteiger partial charge >= 0.3 is 23.9 Å². The standard InChI is InChI=1S/C11H14O2.C9H18O2.2C4H9.Sn/c1-2-3-5-9-6-4-7-10(8-9)11(12)13;1-2-3-4-5-6-7-8-9(10)11;2*1-3-4-2;/h4,6-8H,2-3,5H2,1H3,(H,12,13);2-8H2,1H3,(H,10,11);2*1,3-4H2,2H3;/q;;;;+2/p-2. The quantitative estimate of drug-likeness (QED) is 0.225. The van der Waals surface area contributed by atoms with E-state index in [1.807, 2.05) is 6.07 Å². The van der Waals surface area contributed by atoms with Crippen molar-refractivity contribution in [3.8, 4) is 0 Å². The van der Waals surface area contributed by atoms with E-state index in [0.29, 0.717) is 0 Å². The summed E-state index contributed by atoms with van der Waals surface area (Å²) >= 11 is 0. The number of aryl methyl sites for hydroxylation is 1. The largest absolute Gasteiger partial charge is 2.00 e. The molecule has 0 atom stereocenters. The maximum Gasteiger partial charge on any atom is 2.00 e. The van der Waals surface area contributed by atoms with Gasteiger partial charge in [-0.25, -0.2) is 0 Å². The van der Waals surface area contributed by atoms with Gasteiger partial charge in [-0.1, -0.05) is 124 Å². The number of unbranched alkanes of at least 4 members (excludes halogenated alkanes) is 8. The van der Waals surface area contributed by atoms with Gasteiger partial charge in [0.25, 0.3) is 0 Å². The molecule has 33 heavy (non-hydrogen) atoms. The van der Waals surface area contributed by atoms with Crippen molar-refractivity contribution < 1.29 is 19.8 Å². The predicted octanol–water partition coefficient (Wildman–Crippen LogP) is 5.74. The maximum atomic E-state index is 10.5. The van der Waals surface area contributed by atoms with Crippen molar-refractivity contribution in [3.05, 3.63) is 49.2 Å². The van der Waals surface area contributed by atoms with Gasteiger partial charge < -0.3 is 19.8 Å². The Morgan fingerprint density at radius 2 is 1.24 bits per heavy atom. The Balaban J connectivity index is -0.000000190. The number of carboxylic acid groups (broad SMARTS) is 2. The minimum Gasteiger partial charge on any atom is -0.550 e.